The summed E-state index contributed by atoms with van der Waals surface area (Å²) in [5, 5.41) is 19.7. The van der Waals surface area contributed by atoms with Crippen molar-refractivity contribution >= 4 is 34.2 Å². The summed E-state index contributed by atoms with van der Waals surface area (Å²) >= 11 is 1.94. The van der Waals surface area contributed by atoms with E-state index in [1.807, 2.05) is 29.5 Å². The molecule has 0 saturated carbocycles. The SMILES string of the molecule is CCCC(C(=O)O)c1ccc([N+](=O)[O-])cc1I. The average molecular weight is 349 g/mol. The van der Waals surface area contributed by atoms with Crippen LogP contribution in [0.2, 0.25) is 0 Å². The van der Waals surface area contributed by atoms with Crippen molar-refractivity contribution < 1.29 is 14.8 Å². The van der Waals surface area contributed by atoms with Crippen molar-refractivity contribution in [1.82, 2.24) is 0 Å². The highest BCUT2D eigenvalue weighted by molar-refractivity contribution is 14.1. The van der Waals surface area contributed by atoms with Gasteiger partial charge in [-0.25, -0.2) is 0 Å². The molecule has 0 heterocycles. The number of nitro groups is 1. The van der Waals surface area contributed by atoms with Crippen LogP contribution in [0.5, 0.6) is 0 Å². The van der Waals surface area contributed by atoms with E-state index >= 15 is 0 Å². The van der Waals surface area contributed by atoms with Crippen molar-refractivity contribution in [2.45, 2.75) is 25.7 Å². The fourth-order valence-corrected chi connectivity index (χ4v) is 2.49. The lowest BCUT2D eigenvalue weighted by Crippen LogP contribution is -2.12. The summed E-state index contributed by atoms with van der Waals surface area (Å²) in [6.07, 6.45) is 1.28. The molecule has 1 atom stereocenters. The Kier molecular flexibility index (Phi) is 4.86. The second-order valence-corrected chi connectivity index (χ2v) is 4.80. The van der Waals surface area contributed by atoms with Crippen molar-refractivity contribution in [1.29, 1.82) is 0 Å². The Morgan fingerprint density at radius 2 is 2.24 bits per heavy atom. The Morgan fingerprint density at radius 1 is 1.59 bits per heavy atom. The number of hydrogen-bond donors (Lipinski definition) is 1. The lowest BCUT2D eigenvalue weighted by atomic mass is 9.94. The van der Waals surface area contributed by atoms with Gasteiger partial charge in [0.25, 0.3) is 5.69 Å². The van der Waals surface area contributed by atoms with Crippen LogP contribution in [0.15, 0.2) is 18.2 Å². The molecule has 0 radical (unpaired) electrons. The van der Waals surface area contributed by atoms with Crippen LogP contribution in [-0.2, 0) is 4.79 Å². The third-order valence-electron chi connectivity index (χ3n) is 2.45. The molecule has 0 amide bonds. The van der Waals surface area contributed by atoms with Crippen LogP contribution in [0.4, 0.5) is 5.69 Å². The first-order valence-corrected chi connectivity index (χ1v) is 6.21. The van der Waals surface area contributed by atoms with Gasteiger partial charge in [-0.1, -0.05) is 19.4 Å². The lowest BCUT2D eigenvalue weighted by Gasteiger charge is -2.13. The van der Waals surface area contributed by atoms with Gasteiger partial charge in [0.15, 0.2) is 0 Å². The number of carboxylic acid groups (broad SMARTS) is 1. The summed E-state index contributed by atoms with van der Waals surface area (Å²) in [6, 6.07) is 4.29. The number of nitro benzene ring substituents is 1. The molecule has 0 fully saturated rings. The molecule has 0 aliphatic rings. The van der Waals surface area contributed by atoms with E-state index in [-0.39, 0.29) is 5.69 Å². The van der Waals surface area contributed by atoms with Crippen LogP contribution in [0.1, 0.15) is 31.2 Å². The highest BCUT2D eigenvalue weighted by atomic mass is 127. The van der Waals surface area contributed by atoms with Gasteiger partial charge in [0.1, 0.15) is 0 Å². The fraction of sp³-hybridized carbons (Fsp3) is 0.364. The van der Waals surface area contributed by atoms with Gasteiger partial charge < -0.3 is 5.11 Å². The fourth-order valence-electron chi connectivity index (χ4n) is 1.61. The Bertz CT molecular complexity index is 447. The molecule has 1 aromatic rings. The third-order valence-corrected chi connectivity index (χ3v) is 3.38. The highest BCUT2D eigenvalue weighted by Gasteiger charge is 2.22. The quantitative estimate of drug-likeness (QED) is 0.503. The van der Waals surface area contributed by atoms with E-state index in [1.54, 1.807) is 0 Å². The van der Waals surface area contributed by atoms with Gasteiger partial charge in [-0.15, -0.1) is 0 Å². The number of benzene rings is 1. The molecular weight excluding hydrogens is 337 g/mol. The van der Waals surface area contributed by atoms with E-state index in [1.165, 1.54) is 18.2 Å². The van der Waals surface area contributed by atoms with Gasteiger partial charge >= 0.3 is 5.97 Å². The number of halogens is 1. The van der Waals surface area contributed by atoms with E-state index in [4.69, 9.17) is 5.11 Å². The van der Waals surface area contributed by atoms with Crippen LogP contribution in [0.3, 0.4) is 0 Å². The van der Waals surface area contributed by atoms with Crippen molar-refractivity contribution in [2.24, 2.45) is 0 Å². The molecule has 0 aromatic heterocycles. The first-order valence-electron chi connectivity index (χ1n) is 5.14. The maximum atomic E-state index is 11.1. The molecule has 1 rings (SSSR count). The predicted octanol–water partition coefficient (Wildman–Crippen LogP) is 3.17. The molecule has 1 unspecified atom stereocenters. The Hall–Kier alpha value is -1.18. The first kappa shape index (κ1) is 13.9. The predicted molar refractivity (Wildman–Crippen MR) is 71.1 cm³/mol. The normalized spacial score (nSPS) is 12.1. The second-order valence-electron chi connectivity index (χ2n) is 3.64. The maximum Gasteiger partial charge on any atom is 0.311 e. The molecule has 17 heavy (non-hydrogen) atoms. The lowest BCUT2D eigenvalue weighted by molar-refractivity contribution is -0.385. The molecule has 1 aromatic carbocycles. The van der Waals surface area contributed by atoms with E-state index in [9.17, 15) is 14.9 Å². The van der Waals surface area contributed by atoms with E-state index in [2.05, 4.69) is 0 Å². The summed E-state index contributed by atoms with van der Waals surface area (Å²) in [5.41, 5.74) is 0.629. The van der Waals surface area contributed by atoms with Crippen LogP contribution in [0.25, 0.3) is 0 Å². The molecule has 1 N–H and O–H groups in total. The van der Waals surface area contributed by atoms with Gasteiger partial charge in [-0.05, 0) is 34.6 Å². The van der Waals surface area contributed by atoms with E-state index in [0.29, 0.717) is 15.6 Å². The zero-order valence-electron chi connectivity index (χ0n) is 9.22. The van der Waals surface area contributed by atoms with Crippen LogP contribution in [-0.4, -0.2) is 16.0 Å². The first-order chi connectivity index (χ1) is 7.97. The number of nitrogens with zero attached hydrogens (tertiary/aromatic N) is 1. The summed E-state index contributed by atoms with van der Waals surface area (Å²) < 4.78 is 0.623. The topological polar surface area (TPSA) is 80.4 Å². The van der Waals surface area contributed by atoms with Gasteiger partial charge in [-0.2, -0.15) is 0 Å². The maximum absolute atomic E-state index is 11.1. The smallest absolute Gasteiger partial charge is 0.311 e. The minimum Gasteiger partial charge on any atom is -0.481 e. The molecule has 6 heteroatoms. The number of carboxylic acids is 1. The summed E-state index contributed by atoms with van der Waals surface area (Å²) in [4.78, 5) is 21.2. The second kappa shape index (κ2) is 5.95. The van der Waals surface area contributed by atoms with Gasteiger partial charge in [0, 0.05) is 15.7 Å². The minimum atomic E-state index is -0.890. The number of rotatable bonds is 5. The summed E-state index contributed by atoms with van der Waals surface area (Å²) in [7, 11) is 0. The molecule has 0 aliphatic carbocycles. The standard InChI is InChI=1S/C11H12INO4/c1-2-3-9(11(14)15)8-5-4-7(13(16)17)6-10(8)12/h4-6,9H,2-3H2,1H3,(H,14,15). The molecule has 5 nitrogen and oxygen atoms in total. The molecular formula is C11H12INO4. The molecule has 0 aliphatic heterocycles. The minimum absolute atomic E-state index is 0.0150. The van der Waals surface area contributed by atoms with Crippen molar-refractivity contribution in [3.05, 3.63) is 37.4 Å². The number of non-ortho nitro benzene ring substituents is 1. The van der Waals surface area contributed by atoms with Crippen molar-refractivity contribution in [2.75, 3.05) is 0 Å². The van der Waals surface area contributed by atoms with Crippen molar-refractivity contribution in [3.63, 3.8) is 0 Å². The summed E-state index contributed by atoms with van der Waals surface area (Å²) in [5.74, 6) is -1.48. The highest BCUT2D eigenvalue weighted by Crippen LogP contribution is 2.29. The number of carbonyl (C=O) groups is 1. The number of aliphatic carboxylic acids is 1. The average Bonchev–Trinajstić information content (AvgIpc) is 2.26. The van der Waals surface area contributed by atoms with Crippen LogP contribution in [0, 0.1) is 13.7 Å². The monoisotopic (exact) mass is 349 g/mol. The molecule has 0 bridgehead atoms. The Balaban J connectivity index is 3.12. The molecule has 0 saturated heterocycles. The van der Waals surface area contributed by atoms with Gasteiger partial charge in [0.2, 0.25) is 0 Å². The number of hydrogen-bond acceptors (Lipinski definition) is 3. The summed E-state index contributed by atoms with van der Waals surface area (Å²) in [6.45, 7) is 1.91. The third kappa shape index (κ3) is 3.39. The van der Waals surface area contributed by atoms with Gasteiger partial charge in [-0.3, -0.25) is 14.9 Å². The van der Waals surface area contributed by atoms with E-state index in [0.717, 1.165) is 6.42 Å². The molecule has 0 spiro atoms. The van der Waals surface area contributed by atoms with Crippen LogP contribution >= 0.6 is 22.6 Å². The van der Waals surface area contributed by atoms with Gasteiger partial charge in [0.05, 0.1) is 10.8 Å². The zero-order chi connectivity index (χ0) is 13.0. The van der Waals surface area contributed by atoms with E-state index < -0.39 is 16.8 Å². The Labute approximate surface area is 112 Å². The Morgan fingerprint density at radius 3 is 2.65 bits per heavy atom. The van der Waals surface area contributed by atoms with Crippen LogP contribution < -0.4 is 0 Å². The largest absolute Gasteiger partial charge is 0.481 e. The molecule has 92 valence electrons. The van der Waals surface area contributed by atoms with Crippen molar-refractivity contribution in [3.8, 4) is 0 Å². The zero-order valence-corrected chi connectivity index (χ0v) is 11.4.